The maximum Gasteiger partial charge on any atom is 0.307 e. The summed E-state index contributed by atoms with van der Waals surface area (Å²) in [6, 6.07) is -0.376. The Balaban J connectivity index is 2.16. The van der Waals surface area contributed by atoms with Crippen LogP contribution in [0.4, 0.5) is 0 Å². The molecule has 2 fully saturated rings. The van der Waals surface area contributed by atoms with Gasteiger partial charge in [0.25, 0.3) is 0 Å². The number of amides is 1. The van der Waals surface area contributed by atoms with E-state index in [0.717, 1.165) is 0 Å². The second-order valence-corrected chi connectivity index (χ2v) is 8.92. The van der Waals surface area contributed by atoms with Crippen LogP contribution in [0.3, 0.4) is 0 Å². The highest BCUT2D eigenvalue weighted by molar-refractivity contribution is 7.91. The number of ether oxygens (including phenoxy) is 1. The Morgan fingerprint density at radius 2 is 1.95 bits per heavy atom. The first-order chi connectivity index (χ1) is 10.1. The van der Waals surface area contributed by atoms with Crippen LogP contribution in [0.5, 0.6) is 0 Å². The van der Waals surface area contributed by atoms with Gasteiger partial charge in [0.15, 0.2) is 9.84 Å². The maximum atomic E-state index is 12.8. The van der Waals surface area contributed by atoms with Gasteiger partial charge in [-0.3, -0.25) is 9.59 Å². The van der Waals surface area contributed by atoms with Crippen LogP contribution >= 0.6 is 0 Å². The van der Waals surface area contributed by atoms with E-state index in [-0.39, 0.29) is 30.0 Å². The Morgan fingerprint density at radius 3 is 2.36 bits per heavy atom. The van der Waals surface area contributed by atoms with Gasteiger partial charge in [-0.05, 0) is 11.8 Å². The minimum atomic E-state index is -3.11. The van der Waals surface area contributed by atoms with Crippen molar-refractivity contribution in [3.8, 4) is 0 Å². The number of nitrogens with zero attached hydrogens (tertiary/aromatic N) is 1. The lowest BCUT2D eigenvalue weighted by Crippen LogP contribution is -2.44. The molecule has 8 heteroatoms. The number of aliphatic carboxylic acids is 1. The molecule has 126 valence electrons. The zero-order valence-electron chi connectivity index (χ0n) is 13.1. The summed E-state index contributed by atoms with van der Waals surface area (Å²) in [4.78, 5) is 25.5. The summed E-state index contributed by atoms with van der Waals surface area (Å²) in [7, 11) is -1.60. The van der Waals surface area contributed by atoms with Gasteiger partial charge in [-0.15, -0.1) is 0 Å². The van der Waals surface area contributed by atoms with Crippen molar-refractivity contribution in [2.75, 3.05) is 31.8 Å². The fourth-order valence-electron chi connectivity index (χ4n) is 3.42. The maximum absolute atomic E-state index is 12.8. The van der Waals surface area contributed by atoms with Gasteiger partial charge in [0.05, 0.1) is 29.9 Å². The Labute approximate surface area is 130 Å². The molecular weight excluding hydrogens is 310 g/mol. The van der Waals surface area contributed by atoms with Gasteiger partial charge in [-0.25, -0.2) is 8.42 Å². The Kier molecular flexibility index (Phi) is 4.54. The number of hydrogen-bond donors (Lipinski definition) is 1. The molecule has 1 saturated carbocycles. The number of carboxylic acids is 1. The Hall–Kier alpha value is -1.15. The highest BCUT2D eigenvalue weighted by Gasteiger charge is 2.67. The molecule has 0 aromatic heterocycles. The van der Waals surface area contributed by atoms with Crippen molar-refractivity contribution < 1.29 is 27.9 Å². The number of carbonyl (C=O) groups excluding carboxylic acids is 1. The summed E-state index contributed by atoms with van der Waals surface area (Å²) in [5.41, 5.74) is -0.592. The van der Waals surface area contributed by atoms with Crippen LogP contribution in [0.25, 0.3) is 0 Å². The monoisotopic (exact) mass is 333 g/mol. The lowest BCUT2D eigenvalue weighted by atomic mass is 10.1. The van der Waals surface area contributed by atoms with Gasteiger partial charge in [0, 0.05) is 19.7 Å². The number of carbonyl (C=O) groups is 2. The van der Waals surface area contributed by atoms with Crippen LogP contribution < -0.4 is 0 Å². The summed E-state index contributed by atoms with van der Waals surface area (Å²) < 4.78 is 28.3. The van der Waals surface area contributed by atoms with E-state index in [2.05, 4.69) is 0 Å². The van der Waals surface area contributed by atoms with Gasteiger partial charge in [0.2, 0.25) is 5.91 Å². The highest BCUT2D eigenvalue weighted by Crippen LogP contribution is 2.59. The molecule has 1 unspecified atom stereocenters. The third kappa shape index (κ3) is 3.12. The summed E-state index contributed by atoms with van der Waals surface area (Å²) in [6.45, 7) is 4.10. The molecule has 1 aliphatic heterocycles. The van der Waals surface area contributed by atoms with Crippen LogP contribution in [0.2, 0.25) is 0 Å². The molecule has 3 atom stereocenters. The lowest BCUT2D eigenvalue weighted by molar-refractivity contribution is -0.142. The minimum absolute atomic E-state index is 0.0483. The first-order valence-corrected chi connectivity index (χ1v) is 9.16. The normalized spacial score (nSPS) is 31.7. The molecule has 22 heavy (non-hydrogen) atoms. The second-order valence-electron chi connectivity index (χ2n) is 6.70. The van der Waals surface area contributed by atoms with E-state index in [1.807, 2.05) is 0 Å². The second kappa shape index (κ2) is 5.81. The van der Waals surface area contributed by atoms with Crippen molar-refractivity contribution in [1.29, 1.82) is 0 Å². The number of carboxylic acid groups (broad SMARTS) is 1. The fourth-order valence-corrected chi connectivity index (χ4v) is 5.15. The van der Waals surface area contributed by atoms with E-state index in [0.29, 0.717) is 13.0 Å². The van der Waals surface area contributed by atoms with Crippen molar-refractivity contribution in [2.45, 2.75) is 26.3 Å². The van der Waals surface area contributed by atoms with Crippen LogP contribution in [0, 0.1) is 17.3 Å². The van der Waals surface area contributed by atoms with Gasteiger partial charge in [0.1, 0.15) is 0 Å². The van der Waals surface area contributed by atoms with Crippen molar-refractivity contribution in [3.63, 3.8) is 0 Å². The van der Waals surface area contributed by atoms with Gasteiger partial charge in [-0.1, -0.05) is 13.8 Å². The molecule has 0 spiro atoms. The molecule has 1 amide bonds. The van der Waals surface area contributed by atoms with Gasteiger partial charge < -0.3 is 14.7 Å². The number of sulfone groups is 1. The largest absolute Gasteiger partial charge is 0.481 e. The summed E-state index contributed by atoms with van der Waals surface area (Å²) >= 11 is 0. The van der Waals surface area contributed by atoms with E-state index in [4.69, 9.17) is 4.74 Å². The van der Waals surface area contributed by atoms with Crippen LogP contribution in [0.1, 0.15) is 20.3 Å². The fraction of sp³-hybridized carbons (Fsp3) is 0.857. The summed E-state index contributed by atoms with van der Waals surface area (Å²) in [5.74, 6) is -2.52. The van der Waals surface area contributed by atoms with E-state index in [1.54, 1.807) is 13.8 Å². The number of methoxy groups -OCH3 is 1. The van der Waals surface area contributed by atoms with E-state index >= 15 is 0 Å². The molecule has 0 radical (unpaired) electrons. The molecule has 1 heterocycles. The smallest absolute Gasteiger partial charge is 0.307 e. The Bertz CT molecular complexity index is 570. The highest BCUT2D eigenvalue weighted by atomic mass is 32.2. The summed E-state index contributed by atoms with van der Waals surface area (Å²) in [6.07, 6.45) is 0.405. The van der Waals surface area contributed by atoms with Crippen molar-refractivity contribution in [2.24, 2.45) is 17.3 Å². The van der Waals surface area contributed by atoms with E-state index < -0.39 is 33.1 Å². The van der Waals surface area contributed by atoms with Crippen molar-refractivity contribution in [3.05, 3.63) is 0 Å². The van der Waals surface area contributed by atoms with Crippen LogP contribution in [-0.2, 0) is 24.2 Å². The third-order valence-corrected chi connectivity index (χ3v) is 6.58. The zero-order chi connectivity index (χ0) is 16.7. The molecule has 1 N–H and O–H groups in total. The summed E-state index contributed by atoms with van der Waals surface area (Å²) in [5, 5.41) is 9.22. The van der Waals surface area contributed by atoms with Gasteiger partial charge in [-0.2, -0.15) is 0 Å². The Morgan fingerprint density at radius 1 is 1.32 bits per heavy atom. The SMILES string of the molecule is COCCN(C(=O)[C@@H]1[C@H](C(=O)O)C1(C)C)C1CCS(=O)(=O)C1. The van der Waals surface area contributed by atoms with Crippen LogP contribution in [0.15, 0.2) is 0 Å². The lowest BCUT2D eigenvalue weighted by Gasteiger charge is -2.28. The van der Waals surface area contributed by atoms with Gasteiger partial charge >= 0.3 is 5.97 Å². The first-order valence-electron chi connectivity index (χ1n) is 7.34. The van der Waals surface area contributed by atoms with E-state index in [1.165, 1.54) is 12.0 Å². The molecule has 7 nitrogen and oxygen atoms in total. The van der Waals surface area contributed by atoms with Crippen LogP contribution in [-0.4, -0.2) is 68.1 Å². The number of rotatable bonds is 6. The topological polar surface area (TPSA) is 101 Å². The first kappa shape index (κ1) is 17.2. The average Bonchev–Trinajstić information content (AvgIpc) is 2.80. The number of hydrogen-bond acceptors (Lipinski definition) is 5. The minimum Gasteiger partial charge on any atom is -0.481 e. The molecule has 0 aromatic carbocycles. The average molecular weight is 333 g/mol. The standard InChI is InChI=1S/C14H23NO6S/c1-14(2)10(11(14)13(17)18)12(16)15(5-6-21-3)9-4-7-22(19,20)8-9/h9-11H,4-8H2,1-3H3,(H,17,18)/t9?,10-,11+/m0/s1. The third-order valence-electron chi connectivity index (χ3n) is 4.83. The predicted molar refractivity (Wildman–Crippen MR) is 79.0 cm³/mol. The molecule has 2 aliphatic rings. The predicted octanol–water partition coefficient (Wildman–Crippen LogP) is 0.00530. The zero-order valence-corrected chi connectivity index (χ0v) is 13.9. The quantitative estimate of drug-likeness (QED) is 0.734. The molecular formula is C14H23NO6S. The van der Waals surface area contributed by atoms with E-state index in [9.17, 15) is 23.1 Å². The molecule has 1 aliphatic carbocycles. The molecule has 0 aromatic rings. The molecule has 0 bridgehead atoms. The molecule has 1 saturated heterocycles. The van der Waals surface area contributed by atoms with Crippen molar-refractivity contribution in [1.82, 2.24) is 4.90 Å². The molecule has 2 rings (SSSR count). The van der Waals surface area contributed by atoms with Crippen molar-refractivity contribution >= 4 is 21.7 Å².